The third-order valence-electron chi connectivity index (χ3n) is 3.58. The van der Waals surface area contributed by atoms with Crippen molar-refractivity contribution < 1.29 is 13.2 Å². The summed E-state index contributed by atoms with van der Waals surface area (Å²) in [6, 6.07) is 2.02. The standard InChI is InChI=1S/C12H19N3O3S2/c1-9-4-7-19-11(9)8-14-12(16)10-2-5-15(6-3-10)20(13,17)18/h4,7,10H,2-3,5-6,8H2,1H3,(H,14,16)(H2,13,17,18). The Kier molecular flexibility index (Phi) is 4.79. The lowest BCUT2D eigenvalue weighted by atomic mass is 9.97. The number of hydrogen-bond acceptors (Lipinski definition) is 4. The summed E-state index contributed by atoms with van der Waals surface area (Å²) in [6.07, 6.45) is 1.04. The second-order valence-electron chi connectivity index (χ2n) is 4.96. The van der Waals surface area contributed by atoms with Gasteiger partial charge in [-0.15, -0.1) is 11.3 Å². The Hall–Kier alpha value is -0.960. The summed E-state index contributed by atoms with van der Waals surface area (Å²) < 4.78 is 23.6. The maximum Gasteiger partial charge on any atom is 0.276 e. The molecule has 2 heterocycles. The Morgan fingerprint density at radius 1 is 1.50 bits per heavy atom. The fourth-order valence-electron chi connectivity index (χ4n) is 2.27. The molecular weight excluding hydrogens is 298 g/mol. The smallest absolute Gasteiger partial charge is 0.276 e. The minimum absolute atomic E-state index is 0.00753. The SMILES string of the molecule is Cc1ccsc1CNC(=O)C1CCN(S(N)(=O)=O)CC1. The maximum atomic E-state index is 12.1. The highest BCUT2D eigenvalue weighted by Crippen LogP contribution is 2.20. The van der Waals surface area contributed by atoms with Crippen LogP contribution in [0.1, 0.15) is 23.3 Å². The number of hydrogen-bond donors (Lipinski definition) is 2. The van der Waals surface area contributed by atoms with Gasteiger partial charge in [0.25, 0.3) is 10.2 Å². The number of piperidine rings is 1. The van der Waals surface area contributed by atoms with Crippen LogP contribution >= 0.6 is 11.3 Å². The Morgan fingerprint density at radius 2 is 2.15 bits per heavy atom. The van der Waals surface area contributed by atoms with Crippen molar-refractivity contribution in [2.24, 2.45) is 11.1 Å². The maximum absolute atomic E-state index is 12.1. The average molecular weight is 317 g/mol. The van der Waals surface area contributed by atoms with Crippen LogP contribution in [0.15, 0.2) is 11.4 Å². The number of aryl methyl sites for hydroxylation is 1. The van der Waals surface area contributed by atoms with Crippen molar-refractivity contribution in [1.29, 1.82) is 0 Å². The van der Waals surface area contributed by atoms with Crippen LogP contribution in [0.5, 0.6) is 0 Å². The van der Waals surface area contributed by atoms with Gasteiger partial charge in [0.05, 0.1) is 6.54 Å². The third-order valence-corrected chi connectivity index (χ3v) is 5.68. The summed E-state index contributed by atoms with van der Waals surface area (Å²) in [4.78, 5) is 13.2. The Labute approximate surface area is 123 Å². The van der Waals surface area contributed by atoms with Crippen LogP contribution in [0.2, 0.25) is 0 Å². The molecule has 1 fully saturated rings. The van der Waals surface area contributed by atoms with Crippen LogP contribution in [0.3, 0.4) is 0 Å². The van der Waals surface area contributed by atoms with Gasteiger partial charge in [-0.3, -0.25) is 4.79 Å². The molecular formula is C12H19N3O3S2. The molecule has 1 aromatic rings. The molecule has 0 unspecified atom stereocenters. The first-order valence-corrected chi connectivity index (χ1v) is 8.85. The summed E-state index contributed by atoms with van der Waals surface area (Å²) in [5, 5.41) is 9.99. The van der Waals surface area contributed by atoms with Gasteiger partial charge in [-0.2, -0.15) is 12.7 Å². The summed E-state index contributed by atoms with van der Waals surface area (Å²) >= 11 is 1.62. The number of rotatable bonds is 4. The van der Waals surface area contributed by atoms with Crippen molar-refractivity contribution in [3.8, 4) is 0 Å². The van der Waals surface area contributed by atoms with Crippen molar-refractivity contribution in [1.82, 2.24) is 9.62 Å². The molecule has 0 aliphatic carbocycles. The van der Waals surface area contributed by atoms with Crippen molar-refractivity contribution in [2.45, 2.75) is 26.3 Å². The van der Waals surface area contributed by atoms with Gasteiger partial charge in [0.2, 0.25) is 5.91 Å². The highest BCUT2D eigenvalue weighted by Gasteiger charge is 2.29. The van der Waals surface area contributed by atoms with E-state index in [1.807, 2.05) is 18.4 Å². The lowest BCUT2D eigenvalue weighted by Gasteiger charge is -2.29. The van der Waals surface area contributed by atoms with Crippen molar-refractivity contribution >= 4 is 27.5 Å². The van der Waals surface area contributed by atoms with E-state index in [9.17, 15) is 13.2 Å². The number of amides is 1. The molecule has 6 nitrogen and oxygen atoms in total. The molecule has 1 aliphatic heterocycles. The molecule has 1 aromatic heterocycles. The van der Waals surface area contributed by atoms with E-state index >= 15 is 0 Å². The van der Waals surface area contributed by atoms with Gasteiger partial charge >= 0.3 is 0 Å². The molecule has 0 aromatic carbocycles. The molecule has 3 N–H and O–H groups in total. The number of carbonyl (C=O) groups excluding carboxylic acids is 1. The zero-order valence-electron chi connectivity index (χ0n) is 11.3. The van der Waals surface area contributed by atoms with Crippen LogP contribution in [0.25, 0.3) is 0 Å². The van der Waals surface area contributed by atoms with E-state index in [2.05, 4.69) is 5.32 Å². The van der Waals surface area contributed by atoms with Gasteiger partial charge in [0.1, 0.15) is 0 Å². The van der Waals surface area contributed by atoms with E-state index in [0.717, 1.165) is 4.88 Å². The highest BCUT2D eigenvalue weighted by molar-refractivity contribution is 7.86. The van der Waals surface area contributed by atoms with Crippen molar-refractivity contribution in [3.63, 3.8) is 0 Å². The summed E-state index contributed by atoms with van der Waals surface area (Å²) in [5.41, 5.74) is 1.18. The number of nitrogens with one attached hydrogen (secondary N) is 1. The van der Waals surface area contributed by atoms with Crippen LogP contribution in [0, 0.1) is 12.8 Å². The van der Waals surface area contributed by atoms with Gasteiger partial charge < -0.3 is 5.32 Å². The van der Waals surface area contributed by atoms with E-state index in [4.69, 9.17) is 5.14 Å². The first-order chi connectivity index (χ1) is 9.38. The predicted octanol–water partition coefficient (Wildman–Crippen LogP) is 0.588. The number of carbonyl (C=O) groups is 1. The molecule has 1 amide bonds. The molecule has 112 valence electrons. The van der Waals surface area contributed by atoms with Gasteiger partial charge in [-0.1, -0.05) is 0 Å². The molecule has 8 heteroatoms. The molecule has 0 bridgehead atoms. The lowest BCUT2D eigenvalue weighted by Crippen LogP contribution is -2.45. The summed E-state index contributed by atoms with van der Waals surface area (Å²) in [5.74, 6) is -0.139. The molecule has 0 atom stereocenters. The number of nitrogens with two attached hydrogens (primary N) is 1. The lowest BCUT2D eigenvalue weighted by molar-refractivity contribution is -0.126. The minimum atomic E-state index is -3.63. The minimum Gasteiger partial charge on any atom is -0.351 e. The first kappa shape index (κ1) is 15.4. The zero-order chi connectivity index (χ0) is 14.8. The zero-order valence-corrected chi connectivity index (χ0v) is 13.0. The van der Waals surface area contributed by atoms with Crippen LogP contribution in [0.4, 0.5) is 0 Å². The van der Waals surface area contributed by atoms with E-state index in [-0.39, 0.29) is 11.8 Å². The molecule has 2 rings (SSSR count). The monoisotopic (exact) mass is 317 g/mol. The largest absolute Gasteiger partial charge is 0.351 e. The topological polar surface area (TPSA) is 92.5 Å². The Balaban J connectivity index is 1.82. The van der Waals surface area contributed by atoms with Gasteiger partial charge in [-0.25, -0.2) is 5.14 Å². The van der Waals surface area contributed by atoms with Gasteiger partial charge in [0, 0.05) is 23.9 Å². The highest BCUT2D eigenvalue weighted by atomic mass is 32.2. The third kappa shape index (κ3) is 3.78. The van der Waals surface area contributed by atoms with Gasteiger partial charge in [0.15, 0.2) is 0 Å². The molecule has 1 saturated heterocycles. The van der Waals surface area contributed by atoms with Crippen molar-refractivity contribution in [3.05, 3.63) is 21.9 Å². The molecule has 0 radical (unpaired) electrons. The molecule has 0 spiro atoms. The summed E-state index contributed by atoms with van der Waals surface area (Å²) in [6.45, 7) is 3.18. The average Bonchev–Trinajstić information content (AvgIpc) is 2.81. The molecule has 20 heavy (non-hydrogen) atoms. The molecule has 1 aliphatic rings. The van der Waals surface area contributed by atoms with E-state index < -0.39 is 10.2 Å². The van der Waals surface area contributed by atoms with Gasteiger partial charge in [-0.05, 0) is 36.8 Å². The second kappa shape index (κ2) is 6.21. The van der Waals surface area contributed by atoms with Crippen molar-refractivity contribution in [2.75, 3.05) is 13.1 Å². The second-order valence-corrected chi connectivity index (χ2v) is 7.51. The van der Waals surface area contributed by atoms with E-state index in [1.165, 1.54) is 9.87 Å². The normalized spacial score (nSPS) is 18.1. The summed E-state index contributed by atoms with van der Waals surface area (Å²) in [7, 11) is -3.63. The Bertz CT molecular complexity index is 575. The van der Waals surface area contributed by atoms with E-state index in [1.54, 1.807) is 11.3 Å². The predicted molar refractivity (Wildman–Crippen MR) is 78.3 cm³/mol. The van der Waals surface area contributed by atoms with E-state index in [0.29, 0.717) is 32.5 Å². The number of thiophene rings is 1. The van der Waals surface area contributed by atoms with Crippen LogP contribution in [-0.2, 0) is 21.5 Å². The Morgan fingerprint density at radius 3 is 2.65 bits per heavy atom. The fraction of sp³-hybridized carbons (Fsp3) is 0.583. The van der Waals surface area contributed by atoms with Crippen LogP contribution < -0.4 is 10.5 Å². The first-order valence-electron chi connectivity index (χ1n) is 6.46. The quantitative estimate of drug-likeness (QED) is 0.851. The molecule has 0 saturated carbocycles. The number of nitrogens with zero attached hydrogens (tertiary/aromatic N) is 1. The fourth-order valence-corrected chi connectivity index (χ4v) is 3.84. The van der Waals surface area contributed by atoms with Crippen LogP contribution in [-0.4, -0.2) is 31.7 Å².